The normalized spacial score (nSPS) is 18.9. The molecule has 0 aromatic heterocycles. The molecule has 1 aliphatic rings. The van der Waals surface area contributed by atoms with Crippen LogP contribution >= 0.6 is 35.0 Å². The first-order valence-corrected chi connectivity index (χ1v) is 7.79. The van der Waals surface area contributed by atoms with Crippen LogP contribution in [-0.4, -0.2) is 4.71 Å². The summed E-state index contributed by atoms with van der Waals surface area (Å²) in [5, 5.41) is 0.837. The Morgan fingerprint density at radius 2 is 1.63 bits per heavy atom. The molecule has 1 aliphatic heterocycles. The number of hydrogen-bond acceptors (Lipinski definition) is 1. The number of fused-ring (bicyclic) bond motifs is 1. The van der Waals surface area contributed by atoms with Gasteiger partial charge in [0.2, 0.25) is 0 Å². The van der Waals surface area contributed by atoms with Gasteiger partial charge in [-0.2, -0.15) is 0 Å². The zero-order valence-corrected chi connectivity index (χ0v) is 12.5. The van der Waals surface area contributed by atoms with Gasteiger partial charge in [0.05, 0.1) is 4.71 Å². The predicted molar refractivity (Wildman–Crippen MR) is 84.9 cm³/mol. The van der Waals surface area contributed by atoms with Crippen molar-refractivity contribution >= 4 is 40.5 Å². The molecule has 2 aromatic carbocycles. The summed E-state index contributed by atoms with van der Waals surface area (Å²) >= 11 is 14.5. The van der Waals surface area contributed by atoms with Gasteiger partial charge in [0.1, 0.15) is 0 Å². The first-order chi connectivity index (χ1) is 9.25. The van der Waals surface area contributed by atoms with E-state index >= 15 is 0 Å². The smallest absolute Gasteiger partial charge is 0.0885 e. The lowest BCUT2D eigenvalue weighted by Crippen LogP contribution is -1.91. The summed E-state index contributed by atoms with van der Waals surface area (Å²) in [7, 11) is 0. The highest BCUT2D eigenvalue weighted by Crippen LogP contribution is 2.44. The van der Waals surface area contributed by atoms with E-state index in [0.717, 1.165) is 16.2 Å². The zero-order valence-electron chi connectivity index (χ0n) is 10.1. The molecule has 0 spiro atoms. The van der Waals surface area contributed by atoms with Crippen LogP contribution < -0.4 is 0 Å². The Morgan fingerprint density at radius 1 is 0.947 bits per heavy atom. The molecular weight excluding hydrogens is 295 g/mol. The van der Waals surface area contributed by atoms with Crippen LogP contribution in [0.25, 0.3) is 5.57 Å². The summed E-state index contributed by atoms with van der Waals surface area (Å²) in [5.74, 6) is 0. The van der Waals surface area contributed by atoms with E-state index in [1.807, 2.05) is 30.3 Å². The quantitative estimate of drug-likeness (QED) is 0.605. The highest BCUT2D eigenvalue weighted by atomic mass is 35.5. The molecule has 0 bridgehead atoms. The van der Waals surface area contributed by atoms with Gasteiger partial charge in [0.25, 0.3) is 0 Å². The van der Waals surface area contributed by atoms with Crippen molar-refractivity contribution in [2.45, 2.75) is 16.0 Å². The van der Waals surface area contributed by atoms with Crippen LogP contribution in [0.15, 0.2) is 64.5 Å². The fourth-order valence-electron chi connectivity index (χ4n) is 2.26. The van der Waals surface area contributed by atoms with Crippen molar-refractivity contribution in [2.75, 3.05) is 0 Å². The number of alkyl halides is 1. The molecule has 0 saturated heterocycles. The van der Waals surface area contributed by atoms with Gasteiger partial charge in [-0.25, -0.2) is 0 Å². The van der Waals surface area contributed by atoms with Gasteiger partial charge in [-0.3, -0.25) is 0 Å². The van der Waals surface area contributed by atoms with Gasteiger partial charge in [-0.1, -0.05) is 60.1 Å². The molecule has 0 amide bonds. The predicted octanol–water partition coefficient (Wildman–Crippen LogP) is 5.75. The molecule has 0 fully saturated rings. The average molecular weight is 307 g/mol. The molecule has 1 heterocycles. The van der Waals surface area contributed by atoms with E-state index in [1.165, 1.54) is 10.5 Å². The molecule has 1 atom stereocenters. The minimum Gasteiger partial charge on any atom is -0.110 e. The number of thioether (sulfide) groups is 1. The van der Waals surface area contributed by atoms with Crippen LogP contribution in [0.2, 0.25) is 0 Å². The van der Waals surface area contributed by atoms with Crippen molar-refractivity contribution in [2.24, 2.45) is 0 Å². The maximum atomic E-state index is 6.53. The fourth-order valence-corrected chi connectivity index (χ4v) is 4.22. The molecular formula is C16H12Cl2S. The summed E-state index contributed by atoms with van der Waals surface area (Å²) in [6, 6.07) is 18.6. The molecule has 2 aromatic rings. The number of rotatable bonds is 1. The van der Waals surface area contributed by atoms with Gasteiger partial charge in [0.15, 0.2) is 0 Å². The Labute approximate surface area is 127 Å². The summed E-state index contributed by atoms with van der Waals surface area (Å²) in [5.41, 5.74) is 3.42. The van der Waals surface area contributed by atoms with Crippen molar-refractivity contribution in [1.82, 2.24) is 0 Å². The lowest BCUT2D eigenvalue weighted by Gasteiger charge is -2.11. The standard InChI is InChI=1S/C16H12Cl2S/c17-13-10-15(18)19-14-9-5-4-8-12(14)16(13)11-6-2-1-3-7-11/h1-9,15H,10H2. The van der Waals surface area contributed by atoms with E-state index in [2.05, 4.69) is 24.3 Å². The van der Waals surface area contributed by atoms with Crippen LogP contribution in [0.3, 0.4) is 0 Å². The van der Waals surface area contributed by atoms with Crippen molar-refractivity contribution < 1.29 is 0 Å². The average Bonchev–Trinajstić information content (AvgIpc) is 2.54. The Kier molecular flexibility index (Phi) is 3.88. The zero-order chi connectivity index (χ0) is 13.2. The van der Waals surface area contributed by atoms with Gasteiger partial charge < -0.3 is 0 Å². The molecule has 0 nitrogen and oxygen atoms in total. The van der Waals surface area contributed by atoms with E-state index in [-0.39, 0.29) is 4.71 Å². The minimum absolute atomic E-state index is 0.0186. The van der Waals surface area contributed by atoms with Crippen LogP contribution in [0.5, 0.6) is 0 Å². The Hall–Kier alpha value is -0.890. The molecule has 0 saturated carbocycles. The molecule has 0 N–H and O–H groups in total. The Balaban J connectivity index is 2.23. The summed E-state index contributed by atoms with van der Waals surface area (Å²) < 4.78 is -0.0186. The molecule has 3 rings (SSSR count). The largest absolute Gasteiger partial charge is 0.110 e. The third kappa shape index (κ3) is 2.69. The summed E-state index contributed by atoms with van der Waals surface area (Å²) in [6.07, 6.45) is 0.687. The van der Waals surface area contributed by atoms with E-state index in [4.69, 9.17) is 23.2 Å². The number of halogens is 2. The van der Waals surface area contributed by atoms with E-state index in [1.54, 1.807) is 11.8 Å². The summed E-state index contributed by atoms with van der Waals surface area (Å²) in [6.45, 7) is 0. The fraction of sp³-hybridized carbons (Fsp3) is 0.125. The third-order valence-electron chi connectivity index (χ3n) is 3.08. The molecule has 0 aliphatic carbocycles. The second-order valence-corrected chi connectivity index (χ2v) is 6.86. The first-order valence-electron chi connectivity index (χ1n) is 6.10. The van der Waals surface area contributed by atoms with E-state index < -0.39 is 0 Å². The van der Waals surface area contributed by atoms with Crippen LogP contribution in [0.1, 0.15) is 17.5 Å². The number of allylic oxidation sites excluding steroid dienone is 1. The molecule has 96 valence electrons. The highest BCUT2D eigenvalue weighted by molar-refractivity contribution is 8.01. The van der Waals surface area contributed by atoms with Crippen LogP contribution in [0, 0.1) is 0 Å². The van der Waals surface area contributed by atoms with Gasteiger partial charge in [-0.15, -0.1) is 23.4 Å². The van der Waals surface area contributed by atoms with Crippen molar-refractivity contribution in [3.63, 3.8) is 0 Å². The first kappa shape index (κ1) is 13.1. The van der Waals surface area contributed by atoms with Crippen LogP contribution in [0.4, 0.5) is 0 Å². The Morgan fingerprint density at radius 3 is 2.42 bits per heavy atom. The Bertz CT molecular complexity index is 620. The second-order valence-electron chi connectivity index (χ2n) is 4.37. The van der Waals surface area contributed by atoms with Crippen molar-refractivity contribution in [3.8, 4) is 0 Å². The van der Waals surface area contributed by atoms with Crippen molar-refractivity contribution in [3.05, 3.63) is 70.8 Å². The maximum absolute atomic E-state index is 6.53. The molecule has 3 heteroatoms. The minimum atomic E-state index is -0.0186. The highest BCUT2D eigenvalue weighted by Gasteiger charge is 2.22. The maximum Gasteiger partial charge on any atom is 0.0885 e. The lowest BCUT2D eigenvalue weighted by atomic mass is 9.97. The number of benzene rings is 2. The van der Waals surface area contributed by atoms with Crippen molar-refractivity contribution in [1.29, 1.82) is 0 Å². The third-order valence-corrected chi connectivity index (χ3v) is 4.88. The molecule has 0 radical (unpaired) electrons. The van der Waals surface area contributed by atoms with Gasteiger partial charge >= 0.3 is 0 Å². The van der Waals surface area contributed by atoms with Crippen LogP contribution in [-0.2, 0) is 0 Å². The lowest BCUT2D eigenvalue weighted by molar-refractivity contribution is 1.15. The molecule has 1 unspecified atom stereocenters. The van der Waals surface area contributed by atoms with Gasteiger partial charge in [-0.05, 0) is 17.2 Å². The SMILES string of the molecule is ClC1=C(c2ccccc2)c2ccccc2SC(Cl)C1. The molecule has 19 heavy (non-hydrogen) atoms. The summed E-state index contributed by atoms with van der Waals surface area (Å²) in [4.78, 5) is 1.19. The van der Waals surface area contributed by atoms with E-state index in [0.29, 0.717) is 6.42 Å². The van der Waals surface area contributed by atoms with E-state index in [9.17, 15) is 0 Å². The van der Waals surface area contributed by atoms with Gasteiger partial charge in [0, 0.05) is 21.9 Å². The number of hydrogen-bond donors (Lipinski definition) is 0. The second kappa shape index (κ2) is 5.62. The monoisotopic (exact) mass is 306 g/mol. The topological polar surface area (TPSA) is 0 Å².